The standard InChI is InChI=1S/C16H16N4/c1-9-3-6-13-14(10(9)2)20-16(19-13)12-7-17-8-18-15(12)11-4-5-11/h3,6-8,11H,4-5H2,1-2H3,(H,19,20). The van der Waals surface area contributed by atoms with Crippen LogP contribution in [-0.2, 0) is 0 Å². The lowest BCUT2D eigenvalue weighted by atomic mass is 10.1. The number of fused-ring (bicyclic) bond motifs is 1. The number of benzene rings is 1. The highest BCUT2D eigenvalue weighted by Gasteiger charge is 2.28. The zero-order valence-corrected chi connectivity index (χ0v) is 11.6. The highest BCUT2D eigenvalue weighted by molar-refractivity contribution is 5.83. The second-order valence-corrected chi connectivity index (χ2v) is 5.58. The smallest absolute Gasteiger partial charge is 0.141 e. The molecule has 100 valence electrons. The van der Waals surface area contributed by atoms with Crippen LogP contribution in [-0.4, -0.2) is 19.9 Å². The van der Waals surface area contributed by atoms with Crippen molar-refractivity contribution in [3.05, 3.63) is 41.5 Å². The fourth-order valence-corrected chi connectivity index (χ4v) is 2.64. The van der Waals surface area contributed by atoms with E-state index in [1.807, 2.05) is 6.20 Å². The third kappa shape index (κ3) is 1.72. The van der Waals surface area contributed by atoms with Gasteiger partial charge < -0.3 is 4.98 Å². The summed E-state index contributed by atoms with van der Waals surface area (Å²) in [6.07, 6.45) is 5.96. The molecule has 1 fully saturated rings. The zero-order chi connectivity index (χ0) is 13.7. The van der Waals surface area contributed by atoms with Crippen LogP contribution in [0.5, 0.6) is 0 Å². The molecule has 2 aromatic heterocycles. The van der Waals surface area contributed by atoms with Gasteiger partial charge in [-0.25, -0.2) is 15.0 Å². The molecule has 0 saturated heterocycles. The summed E-state index contributed by atoms with van der Waals surface area (Å²) in [6.45, 7) is 4.23. The molecule has 1 N–H and O–H groups in total. The van der Waals surface area contributed by atoms with E-state index in [4.69, 9.17) is 4.98 Å². The van der Waals surface area contributed by atoms with Gasteiger partial charge >= 0.3 is 0 Å². The van der Waals surface area contributed by atoms with Crippen LogP contribution in [0.3, 0.4) is 0 Å². The number of aryl methyl sites for hydroxylation is 2. The average Bonchev–Trinajstić information content (AvgIpc) is 3.22. The summed E-state index contributed by atoms with van der Waals surface area (Å²) < 4.78 is 0. The van der Waals surface area contributed by atoms with Gasteiger partial charge in [0.2, 0.25) is 0 Å². The summed E-state index contributed by atoms with van der Waals surface area (Å²) >= 11 is 0. The quantitative estimate of drug-likeness (QED) is 0.770. The lowest BCUT2D eigenvalue weighted by Gasteiger charge is -2.02. The maximum atomic E-state index is 4.78. The molecule has 20 heavy (non-hydrogen) atoms. The minimum absolute atomic E-state index is 0.587. The van der Waals surface area contributed by atoms with Gasteiger partial charge in [0.15, 0.2) is 0 Å². The molecular formula is C16H16N4. The molecule has 2 heterocycles. The van der Waals surface area contributed by atoms with Crippen LogP contribution in [0.4, 0.5) is 0 Å². The summed E-state index contributed by atoms with van der Waals surface area (Å²) in [6, 6.07) is 4.22. The van der Waals surface area contributed by atoms with Crippen LogP contribution in [0.2, 0.25) is 0 Å². The molecule has 0 radical (unpaired) electrons. The highest BCUT2D eigenvalue weighted by Crippen LogP contribution is 2.42. The number of rotatable bonds is 2. The Morgan fingerprint density at radius 1 is 1.20 bits per heavy atom. The molecule has 1 aliphatic carbocycles. The minimum Gasteiger partial charge on any atom is -0.338 e. The van der Waals surface area contributed by atoms with Crippen LogP contribution in [0.1, 0.15) is 35.6 Å². The number of aromatic amines is 1. The highest BCUT2D eigenvalue weighted by atomic mass is 14.9. The Hall–Kier alpha value is -2.23. The predicted molar refractivity (Wildman–Crippen MR) is 78.6 cm³/mol. The molecule has 1 aromatic carbocycles. The Balaban J connectivity index is 1.93. The van der Waals surface area contributed by atoms with Crippen LogP contribution in [0.25, 0.3) is 22.4 Å². The summed E-state index contributed by atoms with van der Waals surface area (Å²) in [7, 11) is 0. The first-order valence-electron chi connectivity index (χ1n) is 7.00. The average molecular weight is 264 g/mol. The summed E-state index contributed by atoms with van der Waals surface area (Å²) in [5.74, 6) is 1.47. The normalized spacial score (nSPS) is 14.9. The number of hydrogen-bond acceptors (Lipinski definition) is 3. The molecule has 0 atom stereocenters. The second-order valence-electron chi connectivity index (χ2n) is 5.58. The third-order valence-corrected chi connectivity index (χ3v) is 4.14. The number of nitrogens with zero attached hydrogens (tertiary/aromatic N) is 3. The fraction of sp³-hybridized carbons (Fsp3) is 0.312. The Morgan fingerprint density at radius 3 is 2.85 bits per heavy atom. The Labute approximate surface area is 117 Å². The molecule has 1 saturated carbocycles. The van der Waals surface area contributed by atoms with Gasteiger partial charge in [0, 0.05) is 12.1 Å². The van der Waals surface area contributed by atoms with Crippen molar-refractivity contribution in [2.75, 3.05) is 0 Å². The number of imidazole rings is 1. The Kier molecular flexibility index (Phi) is 2.39. The van der Waals surface area contributed by atoms with Gasteiger partial charge in [-0.05, 0) is 43.9 Å². The minimum atomic E-state index is 0.587. The summed E-state index contributed by atoms with van der Waals surface area (Å²) in [4.78, 5) is 16.8. The number of hydrogen-bond donors (Lipinski definition) is 1. The van der Waals surface area contributed by atoms with Crippen molar-refractivity contribution >= 4 is 11.0 Å². The van der Waals surface area contributed by atoms with E-state index in [2.05, 4.69) is 40.9 Å². The van der Waals surface area contributed by atoms with Gasteiger partial charge in [0.05, 0.1) is 22.3 Å². The zero-order valence-electron chi connectivity index (χ0n) is 11.6. The molecule has 0 spiro atoms. The van der Waals surface area contributed by atoms with E-state index >= 15 is 0 Å². The Morgan fingerprint density at radius 2 is 2.05 bits per heavy atom. The first kappa shape index (κ1) is 11.6. The largest absolute Gasteiger partial charge is 0.338 e. The van der Waals surface area contributed by atoms with Gasteiger partial charge in [-0.15, -0.1) is 0 Å². The van der Waals surface area contributed by atoms with Gasteiger partial charge in [0.25, 0.3) is 0 Å². The molecule has 0 bridgehead atoms. The fourth-order valence-electron chi connectivity index (χ4n) is 2.64. The van der Waals surface area contributed by atoms with Gasteiger partial charge in [-0.3, -0.25) is 0 Å². The van der Waals surface area contributed by atoms with Crippen LogP contribution in [0.15, 0.2) is 24.7 Å². The lowest BCUT2D eigenvalue weighted by molar-refractivity contribution is 0.985. The van der Waals surface area contributed by atoms with Crippen molar-refractivity contribution in [2.24, 2.45) is 0 Å². The maximum Gasteiger partial charge on any atom is 0.141 e. The van der Waals surface area contributed by atoms with Crippen molar-refractivity contribution in [1.29, 1.82) is 0 Å². The Bertz CT molecular complexity index is 799. The number of aromatic nitrogens is 4. The molecule has 0 aliphatic heterocycles. The molecule has 1 aliphatic rings. The number of H-pyrrole nitrogens is 1. The molecule has 0 unspecified atom stereocenters. The first-order valence-corrected chi connectivity index (χ1v) is 7.00. The molecule has 0 amide bonds. The monoisotopic (exact) mass is 264 g/mol. The molecule has 3 aromatic rings. The first-order chi connectivity index (χ1) is 9.74. The van der Waals surface area contributed by atoms with Crippen molar-refractivity contribution in [2.45, 2.75) is 32.6 Å². The van der Waals surface area contributed by atoms with Crippen LogP contribution < -0.4 is 0 Å². The molecule has 4 heteroatoms. The van der Waals surface area contributed by atoms with Crippen molar-refractivity contribution in [3.8, 4) is 11.4 Å². The lowest BCUT2D eigenvalue weighted by Crippen LogP contribution is -1.94. The second kappa shape index (κ2) is 4.13. The van der Waals surface area contributed by atoms with Crippen molar-refractivity contribution in [3.63, 3.8) is 0 Å². The molecule has 4 rings (SSSR count). The summed E-state index contributed by atoms with van der Waals surface area (Å²) in [5.41, 5.74) is 6.80. The van der Waals surface area contributed by atoms with E-state index in [1.54, 1.807) is 6.33 Å². The topological polar surface area (TPSA) is 54.5 Å². The maximum absolute atomic E-state index is 4.78. The molecular weight excluding hydrogens is 248 g/mol. The number of nitrogens with one attached hydrogen (secondary N) is 1. The van der Waals surface area contributed by atoms with E-state index in [0.29, 0.717) is 5.92 Å². The van der Waals surface area contributed by atoms with E-state index < -0.39 is 0 Å². The van der Waals surface area contributed by atoms with Crippen molar-refractivity contribution in [1.82, 2.24) is 19.9 Å². The van der Waals surface area contributed by atoms with E-state index in [1.165, 1.54) is 24.0 Å². The van der Waals surface area contributed by atoms with Gasteiger partial charge in [-0.2, -0.15) is 0 Å². The van der Waals surface area contributed by atoms with Gasteiger partial charge in [-0.1, -0.05) is 6.07 Å². The molecule has 4 nitrogen and oxygen atoms in total. The van der Waals surface area contributed by atoms with Crippen LogP contribution in [0, 0.1) is 13.8 Å². The SMILES string of the molecule is Cc1ccc2[nH]c(-c3cncnc3C3CC3)nc2c1C. The van der Waals surface area contributed by atoms with Gasteiger partial charge in [0.1, 0.15) is 12.2 Å². The van der Waals surface area contributed by atoms with E-state index in [9.17, 15) is 0 Å². The van der Waals surface area contributed by atoms with E-state index in [-0.39, 0.29) is 0 Å². The summed E-state index contributed by atoms with van der Waals surface area (Å²) in [5, 5.41) is 0. The van der Waals surface area contributed by atoms with E-state index in [0.717, 1.165) is 28.1 Å². The predicted octanol–water partition coefficient (Wildman–Crippen LogP) is 3.51. The van der Waals surface area contributed by atoms with Crippen molar-refractivity contribution < 1.29 is 0 Å². The third-order valence-electron chi connectivity index (χ3n) is 4.14. The van der Waals surface area contributed by atoms with Crippen LogP contribution >= 0.6 is 0 Å².